The average molecular weight is 240 g/mol. The Morgan fingerprint density at radius 1 is 1.00 bits per heavy atom. The molecular weight excluding hydrogens is 212 g/mol. The zero-order valence-electron chi connectivity index (χ0n) is 11.0. The van der Waals surface area contributed by atoms with Gasteiger partial charge in [-0.3, -0.25) is 0 Å². The molecule has 0 aromatic heterocycles. The van der Waals surface area contributed by atoms with Crippen LogP contribution >= 0.6 is 0 Å². The molecule has 2 aliphatic carbocycles. The van der Waals surface area contributed by atoms with E-state index in [0.29, 0.717) is 24.4 Å². The predicted octanol–water partition coefficient (Wildman–Crippen LogP) is 1.49. The van der Waals surface area contributed by atoms with E-state index < -0.39 is 0 Å². The van der Waals surface area contributed by atoms with E-state index in [2.05, 4.69) is 6.92 Å². The molecule has 2 rings (SSSR count). The quantitative estimate of drug-likeness (QED) is 0.658. The van der Waals surface area contributed by atoms with Gasteiger partial charge < -0.3 is 16.6 Å². The van der Waals surface area contributed by atoms with Crippen molar-refractivity contribution in [3.8, 4) is 0 Å². The molecule has 2 saturated carbocycles. The molecule has 0 radical (unpaired) electrons. The van der Waals surface area contributed by atoms with Crippen LogP contribution in [0, 0.1) is 23.7 Å². The molecule has 17 heavy (non-hydrogen) atoms. The summed E-state index contributed by atoms with van der Waals surface area (Å²) < 4.78 is 0. The number of aliphatic hydroxyl groups is 1. The molecule has 0 spiro atoms. The van der Waals surface area contributed by atoms with E-state index >= 15 is 0 Å². The van der Waals surface area contributed by atoms with Crippen molar-refractivity contribution in [2.75, 3.05) is 6.61 Å². The highest BCUT2D eigenvalue weighted by Gasteiger charge is 2.43. The summed E-state index contributed by atoms with van der Waals surface area (Å²) in [5.74, 6) is 2.66. The molecule has 2 fully saturated rings. The van der Waals surface area contributed by atoms with Crippen molar-refractivity contribution in [3.05, 3.63) is 0 Å². The Morgan fingerprint density at radius 2 is 1.53 bits per heavy atom. The van der Waals surface area contributed by atoms with Crippen LogP contribution in [0.2, 0.25) is 0 Å². The van der Waals surface area contributed by atoms with Crippen molar-refractivity contribution >= 4 is 0 Å². The van der Waals surface area contributed by atoms with Crippen molar-refractivity contribution in [1.29, 1.82) is 0 Å². The van der Waals surface area contributed by atoms with Gasteiger partial charge in [-0.15, -0.1) is 0 Å². The zero-order chi connectivity index (χ0) is 12.4. The van der Waals surface area contributed by atoms with Crippen LogP contribution in [-0.2, 0) is 0 Å². The van der Waals surface area contributed by atoms with Gasteiger partial charge in [-0.1, -0.05) is 13.3 Å². The van der Waals surface area contributed by atoms with Gasteiger partial charge in [-0.05, 0) is 55.8 Å². The molecule has 0 saturated heterocycles. The fraction of sp³-hybridized carbons (Fsp3) is 1.00. The topological polar surface area (TPSA) is 72.3 Å². The summed E-state index contributed by atoms with van der Waals surface area (Å²) in [6.45, 7) is 2.55. The fourth-order valence-electron chi connectivity index (χ4n) is 3.81. The molecular formula is C14H28N2O. The molecule has 5 N–H and O–H groups in total. The van der Waals surface area contributed by atoms with Crippen LogP contribution in [0.15, 0.2) is 0 Å². The second-order valence-electron chi connectivity index (χ2n) is 6.08. The van der Waals surface area contributed by atoms with E-state index in [1.165, 1.54) is 32.1 Å². The van der Waals surface area contributed by atoms with E-state index in [4.69, 9.17) is 16.6 Å². The maximum absolute atomic E-state index is 9.01. The lowest BCUT2D eigenvalue weighted by atomic mass is 9.61. The minimum atomic E-state index is 0.152. The third-order valence-electron chi connectivity index (χ3n) is 5.41. The molecule has 0 heterocycles. The van der Waals surface area contributed by atoms with Crippen molar-refractivity contribution < 1.29 is 5.11 Å². The third-order valence-corrected chi connectivity index (χ3v) is 5.41. The van der Waals surface area contributed by atoms with Gasteiger partial charge in [0, 0.05) is 18.7 Å². The molecule has 0 amide bonds. The van der Waals surface area contributed by atoms with Gasteiger partial charge >= 0.3 is 0 Å². The van der Waals surface area contributed by atoms with Crippen LogP contribution < -0.4 is 11.5 Å². The molecule has 0 bridgehead atoms. The van der Waals surface area contributed by atoms with Gasteiger partial charge in [0.2, 0.25) is 0 Å². The number of aliphatic hydroxyl groups excluding tert-OH is 1. The van der Waals surface area contributed by atoms with E-state index in [1.807, 2.05) is 0 Å². The lowest BCUT2D eigenvalue weighted by Crippen LogP contribution is -2.58. The summed E-state index contributed by atoms with van der Waals surface area (Å²) in [5.41, 5.74) is 12.7. The lowest BCUT2D eigenvalue weighted by molar-refractivity contribution is 0.0570. The highest BCUT2D eigenvalue weighted by molar-refractivity contribution is 4.98. The molecule has 6 atom stereocenters. The summed E-state index contributed by atoms with van der Waals surface area (Å²) >= 11 is 0. The number of hydrogen-bond donors (Lipinski definition) is 3. The first-order valence-corrected chi connectivity index (χ1v) is 7.31. The number of hydrogen-bond acceptors (Lipinski definition) is 3. The van der Waals surface area contributed by atoms with Gasteiger partial charge in [-0.2, -0.15) is 0 Å². The van der Waals surface area contributed by atoms with E-state index in [-0.39, 0.29) is 12.1 Å². The standard InChI is InChI=1S/C14H28N2O/c1-2-9-3-5-11(9)13(15)14(16)12-6-4-10(12)7-8-17/h9-14,17H,2-8,15-16H2,1H3/t9?,10?,11?,12?,13?,14-/m1/s1. The van der Waals surface area contributed by atoms with Crippen LogP contribution in [0.3, 0.4) is 0 Å². The van der Waals surface area contributed by atoms with E-state index in [1.54, 1.807) is 0 Å². The van der Waals surface area contributed by atoms with Crippen LogP contribution in [-0.4, -0.2) is 23.8 Å². The van der Waals surface area contributed by atoms with Crippen molar-refractivity contribution in [2.24, 2.45) is 35.1 Å². The summed E-state index contributed by atoms with van der Waals surface area (Å²) in [4.78, 5) is 0. The van der Waals surface area contributed by atoms with E-state index in [9.17, 15) is 0 Å². The smallest absolute Gasteiger partial charge is 0.0433 e. The van der Waals surface area contributed by atoms with Crippen LogP contribution in [0.25, 0.3) is 0 Å². The Bertz CT molecular complexity index is 244. The molecule has 3 heteroatoms. The molecule has 0 aromatic carbocycles. The monoisotopic (exact) mass is 240 g/mol. The highest BCUT2D eigenvalue weighted by Crippen LogP contribution is 2.44. The molecule has 100 valence electrons. The lowest BCUT2D eigenvalue weighted by Gasteiger charge is -2.48. The molecule has 5 unspecified atom stereocenters. The van der Waals surface area contributed by atoms with Gasteiger partial charge in [0.05, 0.1) is 0 Å². The average Bonchev–Trinajstić information content (AvgIpc) is 2.23. The first-order valence-electron chi connectivity index (χ1n) is 7.31. The Kier molecular flexibility index (Phi) is 4.45. The van der Waals surface area contributed by atoms with Crippen molar-refractivity contribution in [3.63, 3.8) is 0 Å². The Hall–Kier alpha value is -0.120. The van der Waals surface area contributed by atoms with Crippen molar-refractivity contribution in [1.82, 2.24) is 0 Å². The summed E-state index contributed by atoms with van der Waals surface area (Å²) in [5, 5.41) is 9.01. The normalized spacial score (nSPS) is 40.2. The maximum atomic E-state index is 9.01. The second kappa shape index (κ2) is 5.68. The maximum Gasteiger partial charge on any atom is 0.0433 e. The summed E-state index contributed by atoms with van der Waals surface area (Å²) in [6.07, 6.45) is 7.20. The van der Waals surface area contributed by atoms with Crippen molar-refractivity contribution in [2.45, 2.75) is 57.5 Å². The molecule has 0 aliphatic heterocycles. The van der Waals surface area contributed by atoms with Gasteiger partial charge in [0.25, 0.3) is 0 Å². The second-order valence-corrected chi connectivity index (χ2v) is 6.08. The minimum Gasteiger partial charge on any atom is -0.396 e. The van der Waals surface area contributed by atoms with Gasteiger partial charge in [0.1, 0.15) is 0 Å². The predicted molar refractivity (Wildman–Crippen MR) is 70.4 cm³/mol. The minimum absolute atomic E-state index is 0.152. The van der Waals surface area contributed by atoms with Crippen LogP contribution in [0.1, 0.15) is 45.4 Å². The Balaban J connectivity index is 1.84. The van der Waals surface area contributed by atoms with E-state index in [0.717, 1.165) is 12.3 Å². The first-order chi connectivity index (χ1) is 8.19. The zero-order valence-corrected chi connectivity index (χ0v) is 11.0. The number of nitrogens with two attached hydrogens (primary N) is 2. The SMILES string of the molecule is CCC1CCC1C(N)[C@H](N)C1CCC1CCO. The molecule has 2 aliphatic rings. The number of rotatable bonds is 6. The van der Waals surface area contributed by atoms with Gasteiger partial charge in [0.15, 0.2) is 0 Å². The molecule has 3 nitrogen and oxygen atoms in total. The Labute approximate surface area is 105 Å². The fourth-order valence-corrected chi connectivity index (χ4v) is 3.81. The Morgan fingerprint density at radius 3 is 1.88 bits per heavy atom. The van der Waals surface area contributed by atoms with Crippen LogP contribution in [0.5, 0.6) is 0 Å². The summed E-state index contributed by atoms with van der Waals surface area (Å²) in [6, 6.07) is 0.333. The third kappa shape index (κ3) is 2.51. The largest absolute Gasteiger partial charge is 0.396 e. The highest BCUT2D eigenvalue weighted by atomic mass is 16.3. The van der Waals surface area contributed by atoms with Crippen LogP contribution in [0.4, 0.5) is 0 Å². The molecule has 0 aromatic rings. The summed E-state index contributed by atoms with van der Waals surface area (Å²) in [7, 11) is 0. The van der Waals surface area contributed by atoms with Gasteiger partial charge in [-0.25, -0.2) is 0 Å². The first kappa shape index (κ1) is 13.3.